The summed E-state index contributed by atoms with van der Waals surface area (Å²) in [4.78, 5) is 4.73. The fourth-order valence-electron chi connectivity index (χ4n) is 3.42. The lowest BCUT2D eigenvalue weighted by molar-refractivity contribution is 0.284. The summed E-state index contributed by atoms with van der Waals surface area (Å²) in [6, 6.07) is 16.0. The summed E-state index contributed by atoms with van der Waals surface area (Å²) in [5.74, 6) is 2.18. The normalized spacial score (nSPS) is 11.0. The molecular weight excluding hydrogens is 529 g/mol. The number of hydrogen-bond acceptors (Lipinski definition) is 4. The van der Waals surface area contributed by atoms with Gasteiger partial charge in [0.2, 0.25) is 0 Å². The number of methoxy groups -OCH3 is 1. The van der Waals surface area contributed by atoms with Crippen LogP contribution in [-0.2, 0) is 26.7 Å². The Morgan fingerprint density at radius 1 is 1.03 bits per heavy atom. The number of aliphatic imine (C=N–C) groups is 1. The Hall–Kier alpha value is -2.75. The molecule has 0 bridgehead atoms. The Morgan fingerprint density at radius 2 is 1.79 bits per heavy atom. The third-order valence-corrected chi connectivity index (χ3v) is 5.32. The van der Waals surface area contributed by atoms with Crippen LogP contribution in [0.5, 0.6) is 11.5 Å². The van der Waals surface area contributed by atoms with E-state index in [1.807, 2.05) is 67.2 Å². The number of halogens is 1. The Labute approximate surface area is 213 Å². The van der Waals surface area contributed by atoms with Gasteiger partial charge in [-0.15, -0.1) is 24.0 Å². The maximum Gasteiger partial charge on any atom is 0.191 e. The Bertz CT molecular complexity index is 1050. The van der Waals surface area contributed by atoms with Gasteiger partial charge in [-0.25, -0.2) is 4.99 Å². The topological polar surface area (TPSA) is 72.7 Å². The molecule has 7 nitrogen and oxygen atoms in total. The van der Waals surface area contributed by atoms with Crippen molar-refractivity contribution >= 4 is 29.9 Å². The molecule has 1 aromatic heterocycles. The van der Waals surface area contributed by atoms with Crippen LogP contribution in [-0.4, -0.2) is 29.4 Å². The summed E-state index contributed by atoms with van der Waals surface area (Å²) in [5, 5.41) is 11.2. The van der Waals surface area contributed by atoms with Crippen LogP contribution in [0.25, 0.3) is 0 Å². The monoisotopic (exact) mass is 563 g/mol. The van der Waals surface area contributed by atoms with Crippen molar-refractivity contribution in [1.29, 1.82) is 0 Å². The van der Waals surface area contributed by atoms with E-state index in [0.717, 1.165) is 40.8 Å². The third kappa shape index (κ3) is 7.38. The summed E-state index contributed by atoms with van der Waals surface area (Å²) in [5.41, 5.74) is 5.54. The maximum atomic E-state index is 5.95. The second-order valence-corrected chi connectivity index (χ2v) is 7.58. The second kappa shape index (κ2) is 13.1. The fourth-order valence-corrected chi connectivity index (χ4v) is 3.42. The molecule has 0 radical (unpaired) electrons. The van der Waals surface area contributed by atoms with E-state index in [4.69, 9.17) is 14.5 Å². The number of ether oxygens (including phenoxy) is 2. The van der Waals surface area contributed by atoms with E-state index in [9.17, 15) is 0 Å². The van der Waals surface area contributed by atoms with Gasteiger partial charge in [-0.05, 0) is 44.0 Å². The highest BCUT2D eigenvalue weighted by Crippen LogP contribution is 2.29. The first-order valence-electron chi connectivity index (χ1n) is 10.9. The largest absolute Gasteiger partial charge is 0.493 e. The van der Waals surface area contributed by atoms with Crippen molar-refractivity contribution in [3.05, 3.63) is 76.6 Å². The lowest BCUT2D eigenvalue weighted by atomic mass is 10.2. The van der Waals surface area contributed by atoms with Crippen molar-refractivity contribution in [2.24, 2.45) is 12.0 Å². The molecule has 0 spiro atoms. The molecule has 0 amide bonds. The first kappa shape index (κ1) is 26.5. The molecule has 0 saturated heterocycles. The van der Waals surface area contributed by atoms with Gasteiger partial charge in [0.25, 0.3) is 0 Å². The Kier molecular flexibility index (Phi) is 10.5. The molecule has 0 aliphatic carbocycles. The molecule has 0 aliphatic heterocycles. The van der Waals surface area contributed by atoms with Crippen molar-refractivity contribution in [2.45, 2.75) is 40.5 Å². The third-order valence-electron chi connectivity index (χ3n) is 5.32. The summed E-state index contributed by atoms with van der Waals surface area (Å²) in [7, 11) is 3.62. The van der Waals surface area contributed by atoms with Crippen LogP contribution in [0, 0.1) is 13.8 Å². The molecule has 3 rings (SSSR count). The number of aromatic nitrogens is 2. The molecule has 33 heavy (non-hydrogen) atoms. The van der Waals surface area contributed by atoms with Gasteiger partial charge in [0, 0.05) is 31.4 Å². The number of nitrogens with zero attached hydrogens (tertiary/aromatic N) is 3. The summed E-state index contributed by atoms with van der Waals surface area (Å²) in [6.45, 7) is 8.64. The quantitative estimate of drug-likeness (QED) is 0.228. The van der Waals surface area contributed by atoms with Gasteiger partial charge in [0.15, 0.2) is 17.5 Å². The minimum atomic E-state index is 0. The zero-order chi connectivity index (χ0) is 22.9. The molecule has 178 valence electrons. The van der Waals surface area contributed by atoms with Crippen molar-refractivity contribution in [3.8, 4) is 11.5 Å². The SMILES string of the molecule is CCNC(=NCc1ccc(OCc2ccccc2)c(OC)c1)NCc1c(C)nn(C)c1C.I. The number of hydrogen-bond donors (Lipinski definition) is 2. The highest BCUT2D eigenvalue weighted by molar-refractivity contribution is 14.0. The number of nitrogens with one attached hydrogen (secondary N) is 2. The van der Waals surface area contributed by atoms with Gasteiger partial charge in [0.1, 0.15) is 6.61 Å². The van der Waals surface area contributed by atoms with Crippen LogP contribution >= 0.6 is 24.0 Å². The van der Waals surface area contributed by atoms with Crippen LogP contribution in [0.2, 0.25) is 0 Å². The van der Waals surface area contributed by atoms with Gasteiger partial charge in [0.05, 0.1) is 19.3 Å². The summed E-state index contributed by atoms with van der Waals surface area (Å²) in [6.07, 6.45) is 0. The molecule has 3 aromatic rings. The van der Waals surface area contributed by atoms with Crippen molar-refractivity contribution < 1.29 is 9.47 Å². The maximum absolute atomic E-state index is 5.95. The zero-order valence-corrected chi connectivity index (χ0v) is 22.3. The summed E-state index contributed by atoms with van der Waals surface area (Å²) < 4.78 is 13.4. The number of aryl methyl sites for hydroxylation is 2. The predicted octanol–water partition coefficient (Wildman–Crippen LogP) is 4.50. The van der Waals surface area contributed by atoms with E-state index in [1.165, 1.54) is 5.56 Å². The molecule has 8 heteroatoms. The Balaban J connectivity index is 0.00000385. The molecule has 0 fully saturated rings. The number of benzene rings is 2. The van der Waals surface area contributed by atoms with Crippen molar-refractivity contribution in [1.82, 2.24) is 20.4 Å². The van der Waals surface area contributed by atoms with Crippen LogP contribution < -0.4 is 20.1 Å². The van der Waals surface area contributed by atoms with E-state index >= 15 is 0 Å². The molecule has 1 heterocycles. The average Bonchev–Trinajstić information content (AvgIpc) is 3.05. The van der Waals surface area contributed by atoms with E-state index < -0.39 is 0 Å². The van der Waals surface area contributed by atoms with E-state index in [1.54, 1.807) is 7.11 Å². The average molecular weight is 563 g/mol. The van der Waals surface area contributed by atoms with Crippen LogP contribution in [0.4, 0.5) is 0 Å². The van der Waals surface area contributed by atoms with E-state index in [-0.39, 0.29) is 24.0 Å². The van der Waals surface area contributed by atoms with Gasteiger partial charge >= 0.3 is 0 Å². The molecule has 0 aliphatic rings. The predicted molar refractivity (Wildman–Crippen MR) is 144 cm³/mol. The fraction of sp³-hybridized carbons (Fsp3) is 0.360. The lowest BCUT2D eigenvalue weighted by Crippen LogP contribution is -2.37. The molecule has 0 saturated carbocycles. The molecule has 0 unspecified atom stereocenters. The van der Waals surface area contributed by atoms with Gasteiger partial charge in [-0.2, -0.15) is 5.10 Å². The molecule has 2 N–H and O–H groups in total. The van der Waals surface area contributed by atoms with Gasteiger partial charge in [-0.3, -0.25) is 4.68 Å². The smallest absolute Gasteiger partial charge is 0.191 e. The number of rotatable bonds is 9. The van der Waals surface area contributed by atoms with E-state index in [2.05, 4.69) is 29.6 Å². The minimum absolute atomic E-state index is 0. The van der Waals surface area contributed by atoms with E-state index in [0.29, 0.717) is 25.4 Å². The summed E-state index contributed by atoms with van der Waals surface area (Å²) >= 11 is 0. The van der Waals surface area contributed by atoms with Crippen molar-refractivity contribution in [3.63, 3.8) is 0 Å². The second-order valence-electron chi connectivity index (χ2n) is 7.58. The van der Waals surface area contributed by atoms with Crippen LogP contribution in [0.15, 0.2) is 53.5 Å². The van der Waals surface area contributed by atoms with Crippen molar-refractivity contribution in [2.75, 3.05) is 13.7 Å². The highest BCUT2D eigenvalue weighted by atomic mass is 127. The zero-order valence-electron chi connectivity index (χ0n) is 20.0. The standard InChI is InChI=1S/C25H33N5O2.HI/c1-6-26-25(28-16-22-18(2)29-30(4)19(22)3)27-15-21-12-13-23(24(14-21)31-5)32-17-20-10-8-7-9-11-20;/h7-14H,6,15-17H2,1-5H3,(H2,26,27,28);1H. The lowest BCUT2D eigenvalue weighted by Gasteiger charge is -2.13. The molecule has 2 aromatic carbocycles. The first-order valence-corrected chi connectivity index (χ1v) is 10.9. The first-order chi connectivity index (χ1) is 15.5. The highest BCUT2D eigenvalue weighted by Gasteiger charge is 2.10. The van der Waals surface area contributed by atoms with Gasteiger partial charge in [-0.1, -0.05) is 36.4 Å². The van der Waals surface area contributed by atoms with Crippen LogP contribution in [0.3, 0.4) is 0 Å². The Morgan fingerprint density at radius 3 is 2.42 bits per heavy atom. The van der Waals surface area contributed by atoms with Gasteiger partial charge < -0.3 is 20.1 Å². The molecule has 0 atom stereocenters. The number of guanidine groups is 1. The minimum Gasteiger partial charge on any atom is -0.493 e. The molecular formula is C25H34IN5O2. The van der Waals surface area contributed by atoms with Crippen LogP contribution in [0.1, 0.15) is 35.0 Å².